The van der Waals surface area contributed by atoms with Crippen molar-refractivity contribution in [2.75, 3.05) is 19.1 Å². The summed E-state index contributed by atoms with van der Waals surface area (Å²) >= 11 is 0. The van der Waals surface area contributed by atoms with Crippen molar-refractivity contribution in [2.24, 2.45) is 0 Å². The average molecular weight is 333 g/mol. The molecule has 1 aliphatic heterocycles. The van der Waals surface area contributed by atoms with Gasteiger partial charge in [0, 0.05) is 24.5 Å². The highest BCUT2D eigenvalue weighted by atomic mass is 16.5. The molecule has 0 bridgehead atoms. The van der Waals surface area contributed by atoms with Crippen LogP contribution in [0.1, 0.15) is 19.4 Å². The van der Waals surface area contributed by atoms with Crippen LogP contribution in [-0.4, -0.2) is 20.3 Å². The molecule has 0 radical (unpaired) electrons. The summed E-state index contributed by atoms with van der Waals surface area (Å²) in [6, 6.07) is 17.2. The second kappa shape index (κ2) is 5.99. The minimum Gasteiger partial charge on any atom is -0.493 e. The quantitative estimate of drug-likeness (QED) is 0.653. The number of hydrogen-bond donors (Lipinski definition) is 0. The summed E-state index contributed by atoms with van der Waals surface area (Å²) in [7, 11) is 3.84. The van der Waals surface area contributed by atoms with Crippen LogP contribution < -0.4 is 14.4 Å². The molecular weight excluding hydrogens is 310 g/mol. The highest BCUT2D eigenvalue weighted by Gasteiger charge is 2.22. The fraction of sp³-hybridized carbons (Fsp3) is 0.273. The monoisotopic (exact) mass is 333 g/mol. The van der Waals surface area contributed by atoms with Crippen molar-refractivity contribution in [3.8, 4) is 22.6 Å². The van der Waals surface area contributed by atoms with E-state index in [1.807, 2.05) is 13.8 Å². The molecule has 128 valence electrons. The first-order chi connectivity index (χ1) is 12.1. The van der Waals surface area contributed by atoms with Crippen LogP contribution >= 0.6 is 0 Å². The fourth-order valence-electron chi connectivity index (χ4n) is 3.71. The Kier molecular flexibility index (Phi) is 3.79. The van der Waals surface area contributed by atoms with E-state index in [0.717, 1.165) is 23.4 Å². The van der Waals surface area contributed by atoms with Crippen molar-refractivity contribution in [3.05, 3.63) is 54.1 Å². The largest absolute Gasteiger partial charge is 0.493 e. The molecule has 0 aromatic heterocycles. The first-order valence-electron chi connectivity index (χ1n) is 8.69. The zero-order valence-corrected chi connectivity index (χ0v) is 15.2. The van der Waals surface area contributed by atoms with Crippen LogP contribution in [-0.2, 0) is 6.54 Å². The first kappa shape index (κ1) is 15.8. The molecule has 3 nitrogen and oxygen atoms in total. The Morgan fingerprint density at radius 3 is 2.52 bits per heavy atom. The van der Waals surface area contributed by atoms with Crippen molar-refractivity contribution < 1.29 is 9.47 Å². The summed E-state index contributed by atoms with van der Waals surface area (Å²) in [4.78, 5) is 2.33. The Balaban J connectivity index is 1.99. The van der Waals surface area contributed by atoms with E-state index in [1.165, 1.54) is 27.8 Å². The minimum absolute atomic E-state index is 0.101. The Morgan fingerprint density at radius 1 is 0.960 bits per heavy atom. The molecule has 0 fully saturated rings. The minimum atomic E-state index is 0.101. The Hall–Kier alpha value is -2.68. The topological polar surface area (TPSA) is 21.7 Å². The molecule has 0 spiro atoms. The SMILES string of the molecule is COc1cc2ccc3c(c2cc1OC(C)C)N(C)Cc1ccccc1-3. The van der Waals surface area contributed by atoms with Gasteiger partial charge in [-0.05, 0) is 42.5 Å². The summed E-state index contributed by atoms with van der Waals surface area (Å²) < 4.78 is 11.5. The molecular formula is C22H23NO2. The molecule has 3 aromatic carbocycles. The zero-order chi connectivity index (χ0) is 17.6. The van der Waals surface area contributed by atoms with Crippen molar-refractivity contribution >= 4 is 16.5 Å². The van der Waals surface area contributed by atoms with E-state index in [9.17, 15) is 0 Å². The van der Waals surface area contributed by atoms with Crippen LogP contribution in [0.4, 0.5) is 5.69 Å². The maximum atomic E-state index is 6.00. The number of hydrogen-bond acceptors (Lipinski definition) is 3. The second-order valence-corrected chi connectivity index (χ2v) is 6.87. The van der Waals surface area contributed by atoms with E-state index in [2.05, 4.69) is 60.5 Å². The van der Waals surface area contributed by atoms with Crippen molar-refractivity contribution in [1.29, 1.82) is 0 Å². The van der Waals surface area contributed by atoms with Crippen LogP contribution in [0, 0.1) is 0 Å². The molecule has 0 amide bonds. The highest BCUT2D eigenvalue weighted by Crippen LogP contribution is 2.45. The maximum Gasteiger partial charge on any atom is 0.162 e. The second-order valence-electron chi connectivity index (χ2n) is 6.87. The lowest BCUT2D eigenvalue weighted by Crippen LogP contribution is -2.21. The van der Waals surface area contributed by atoms with E-state index in [-0.39, 0.29) is 6.10 Å². The number of nitrogens with zero attached hydrogens (tertiary/aromatic N) is 1. The van der Waals surface area contributed by atoms with E-state index in [1.54, 1.807) is 7.11 Å². The Morgan fingerprint density at radius 2 is 1.76 bits per heavy atom. The molecule has 25 heavy (non-hydrogen) atoms. The molecule has 0 atom stereocenters. The molecule has 3 aromatic rings. The smallest absolute Gasteiger partial charge is 0.162 e. The fourth-order valence-corrected chi connectivity index (χ4v) is 3.71. The lowest BCUT2D eigenvalue weighted by molar-refractivity contribution is 0.230. The summed E-state index contributed by atoms with van der Waals surface area (Å²) in [6.45, 7) is 4.98. The van der Waals surface area contributed by atoms with Gasteiger partial charge in [0.15, 0.2) is 11.5 Å². The number of benzene rings is 3. The summed E-state index contributed by atoms with van der Waals surface area (Å²) in [5.41, 5.74) is 5.22. The molecule has 0 saturated heterocycles. The lowest BCUT2D eigenvalue weighted by Gasteiger charge is -2.31. The summed E-state index contributed by atoms with van der Waals surface area (Å²) in [6.07, 6.45) is 0.101. The highest BCUT2D eigenvalue weighted by molar-refractivity contribution is 6.04. The Labute approximate surface area is 148 Å². The van der Waals surface area contributed by atoms with Gasteiger partial charge in [-0.1, -0.05) is 36.4 Å². The first-order valence-corrected chi connectivity index (χ1v) is 8.69. The Bertz CT molecular complexity index is 946. The third-order valence-electron chi connectivity index (χ3n) is 4.74. The van der Waals surface area contributed by atoms with E-state index in [0.29, 0.717) is 0 Å². The normalized spacial score (nSPS) is 12.9. The summed E-state index contributed by atoms with van der Waals surface area (Å²) in [5, 5.41) is 2.36. The predicted molar refractivity (Wildman–Crippen MR) is 104 cm³/mol. The van der Waals surface area contributed by atoms with Gasteiger partial charge < -0.3 is 14.4 Å². The van der Waals surface area contributed by atoms with Crippen molar-refractivity contribution in [2.45, 2.75) is 26.5 Å². The summed E-state index contributed by atoms with van der Waals surface area (Å²) in [5.74, 6) is 1.57. The molecule has 0 N–H and O–H groups in total. The molecule has 1 aliphatic rings. The van der Waals surface area contributed by atoms with Crippen molar-refractivity contribution in [1.82, 2.24) is 0 Å². The van der Waals surface area contributed by atoms with Crippen molar-refractivity contribution in [3.63, 3.8) is 0 Å². The molecule has 0 unspecified atom stereocenters. The molecule has 4 rings (SSSR count). The van der Waals surface area contributed by atoms with Gasteiger partial charge in [-0.25, -0.2) is 0 Å². The standard InChI is InChI=1S/C22H23NO2/c1-14(2)25-21-12-19-15(11-20(21)24-4)9-10-18-17-8-6-5-7-16(17)13-23(3)22(18)19/h5-12,14H,13H2,1-4H3. The van der Waals surface area contributed by atoms with E-state index < -0.39 is 0 Å². The van der Waals surface area contributed by atoms with Gasteiger partial charge in [0.25, 0.3) is 0 Å². The van der Waals surface area contributed by atoms with Crippen LogP contribution in [0.15, 0.2) is 48.5 Å². The molecule has 3 heteroatoms. The van der Waals surface area contributed by atoms with Gasteiger partial charge in [-0.3, -0.25) is 0 Å². The van der Waals surface area contributed by atoms with Gasteiger partial charge in [0.2, 0.25) is 0 Å². The number of fused-ring (bicyclic) bond motifs is 5. The van der Waals surface area contributed by atoms with Crippen LogP contribution in [0.2, 0.25) is 0 Å². The lowest BCUT2D eigenvalue weighted by atomic mass is 9.90. The van der Waals surface area contributed by atoms with Crippen LogP contribution in [0.5, 0.6) is 11.5 Å². The number of ether oxygens (including phenoxy) is 2. The zero-order valence-electron chi connectivity index (χ0n) is 15.2. The maximum absolute atomic E-state index is 6.00. The number of methoxy groups -OCH3 is 1. The van der Waals surface area contributed by atoms with Gasteiger partial charge in [-0.2, -0.15) is 0 Å². The third-order valence-corrected chi connectivity index (χ3v) is 4.74. The molecule has 0 aliphatic carbocycles. The van der Waals surface area contributed by atoms with Gasteiger partial charge >= 0.3 is 0 Å². The van der Waals surface area contributed by atoms with Crippen LogP contribution in [0.25, 0.3) is 21.9 Å². The van der Waals surface area contributed by atoms with Gasteiger partial charge in [0.05, 0.1) is 18.9 Å². The van der Waals surface area contributed by atoms with Gasteiger partial charge in [0.1, 0.15) is 0 Å². The van der Waals surface area contributed by atoms with E-state index >= 15 is 0 Å². The molecule has 0 saturated carbocycles. The van der Waals surface area contributed by atoms with Gasteiger partial charge in [-0.15, -0.1) is 0 Å². The number of anilines is 1. The number of rotatable bonds is 3. The van der Waals surface area contributed by atoms with E-state index in [4.69, 9.17) is 9.47 Å². The predicted octanol–water partition coefficient (Wildman–Crippen LogP) is 5.25. The van der Waals surface area contributed by atoms with Crippen LogP contribution in [0.3, 0.4) is 0 Å². The third kappa shape index (κ3) is 2.60. The molecule has 1 heterocycles. The average Bonchev–Trinajstić information content (AvgIpc) is 2.60.